The fraction of sp³-hybridized carbons (Fsp3) is 0.583. The van der Waals surface area contributed by atoms with Crippen LogP contribution in [0.3, 0.4) is 0 Å². The minimum Gasteiger partial charge on any atom is -0.331 e. The highest BCUT2D eigenvalue weighted by molar-refractivity contribution is 5.44. The third-order valence-corrected chi connectivity index (χ3v) is 2.29. The van der Waals surface area contributed by atoms with Gasteiger partial charge in [0.15, 0.2) is 0 Å². The number of nitrogens with zero attached hydrogens (tertiary/aromatic N) is 2. The summed E-state index contributed by atoms with van der Waals surface area (Å²) in [5.41, 5.74) is 1.18. The third kappa shape index (κ3) is 3.88. The summed E-state index contributed by atoms with van der Waals surface area (Å²) < 4.78 is 2.18. The molecule has 0 aliphatic carbocycles. The Hall–Kier alpha value is -1.09. The zero-order valence-corrected chi connectivity index (χ0v) is 9.90. The maximum absolute atomic E-state index is 4.16. The molecule has 1 heterocycles. The van der Waals surface area contributed by atoms with Crippen molar-refractivity contribution in [3.63, 3.8) is 0 Å². The molecule has 0 saturated heterocycles. The van der Waals surface area contributed by atoms with E-state index in [-0.39, 0.29) is 0 Å². The van der Waals surface area contributed by atoms with E-state index in [9.17, 15) is 0 Å². The largest absolute Gasteiger partial charge is 0.331 e. The van der Waals surface area contributed by atoms with Gasteiger partial charge < -0.3 is 9.88 Å². The number of aryl methyl sites for hydroxylation is 1. The van der Waals surface area contributed by atoms with Crippen LogP contribution in [0.4, 0.5) is 0 Å². The first-order chi connectivity index (χ1) is 7.27. The summed E-state index contributed by atoms with van der Waals surface area (Å²) in [6, 6.07) is 0.417. The van der Waals surface area contributed by atoms with Crippen molar-refractivity contribution < 1.29 is 0 Å². The topological polar surface area (TPSA) is 29.9 Å². The Bertz CT molecular complexity index is 302. The van der Waals surface area contributed by atoms with Crippen molar-refractivity contribution in [1.82, 2.24) is 14.9 Å². The average Bonchev–Trinajstić information content (AvgIpc) is 2.64. The molecule has 1 N–H and O–H groups in total. The summed E-state index contributed by atoms with van der Waals surface area (Å²) in [5, 5.41) is 3.34. The van der Waals surface area contributed by atoms with Crippen LogP contribution in [-0.4, -0.2) is 22.1 Å². The van der Waals surface area contributed by atoms with Crippen LogP contribution in [0.15, 0.2) is 18.6 Å². The van der Waals surface area contributed by atoms with Crippen LogP contribution in [0.25, 0.3) is 6.08 Å². The fourth-order valence-electron chi connectivity index (χ4n) is 1.53. The molecule has 15 heavy (non-hydrogen) atoms. The Balaban J connectivity index is 2.58. The van der Waals surface area contributed by atoms with E-state index in [4.69, 9.17) is 0 Å². The van der Waals surface area contributed by atoms with Gasteiger partial charge in [-0.15, -0.1) is 0 Å². The molecular formula is C12H21N3. The predicted octanol–water partition coefficient (Wildman–Crippen LogP) is 2.30. The van der Waals surface area contributed by atoms with E-state index < -0.39 is 0 Å². The highest BCUT2D eigenvalue weighted by Crippen LogP contribution is 2.04. The molecule has 0 bridgehead atoms. The van der Waals surface area contributed by atoms with Gasteiger partial charge in [-0.05, 0) is 26.0 Å². The monoisotopic (exact) mass is 207 g/mol. The lowest BCUT2D eigenvalue weighted by Gasteiger charge is -2.06. The second-order valence-electron chi connectivity index (χ2n) is 3.72. The van der Waals surface area contributed by atoms with Crippen LogP contribution in [0.1, 0.15) is 32.9 Å². The van der Waals surface area contributed by atoms with Gasteiger partial charge in [-0.2, -0.15) is 0 Å². The molecule has 1 rings (SSSR count). The molecule has 0 spiro atoms. The molecule has 0 aromatic carbocycles. The van der Waals surface area contributed by atoms with E-state index in [1.165, 1.54) is 5.69 Å². The smallest absolute Gasteiger partial charge is 0.0950 e. The van der Waals surface area contributed by atoms with Gasteiger partial charge in [0.25, 0.3) is 0 Å². The molecule has 0 amide bonds. The lowest BCUT2D eigenvalue weighted by Crippen LogP contribution is -2.22. The minimum absolute atomic E-state index is 0.417. The molecule has 84 valence electrons. The maximum atomic E-state index is 4.16. The van der Waals surface area contributed by atoms with Crippen LogP contribution in [0, 0.1) is 0 Å². The van der Waals surface area contributed by atoms with E-state index in [0.29, 0.717) is 6.04 Å². The Kier molecular flexibility index (Phi) is 5.12. The molecule has 3 nitrogen and oxygen atoms in total. The van der Waals surface area contributed by atoms with Gasteiger partial charge in [0.05, 0.1) is 18.2 Å². The predicted molar refractivity (Wildman–Crippen MR) is 64.7 cm³/mol. The van der Waals surface area contributed by atoms with Crippen molar-refractivity contribution in [2.45, 2.75) is 39.8 Å². The Morgan fingerprint density at radius 3 is 3.00 bits per heavy atom. The minimum atomic E-state index is 0.417. The van der Waals surface area contributed by atoms with Crippen molar-refractivity contribution in [3.05, 3.63) is 24.3 Å². The van der Waals surface area contributed by atoms with Crippen LogP contribution >= 0.6 is 0 Å². The van der Waals surface area contributed by atoms with Crippen LogP contribution in [0.5, 0.6) is 0 Å². The molecule has 0 fully saturated rings. The summed E-state index contributed by atoms with van der Waals surface area (Å²) in [5.74, 6) is 0. The summed E-state index contributed by atoms with van der Waals surface area (Å²) in [4.78, 5) is 4.16. The first kappa shape index (κ1) is 12.0. The molecular weight excluding hydrogens is 186 g/mol. The Morgan fingerprint density at radius 2 is 2.33 bits per heavy atom. The summed E-state index contributed by atoms with van der Waals surface area (Å²) in [6.07, 6.45) is 9.24. The van der Waals surface area contributed by atoms with Crippen LogP contribution < -0.4 is 5.32 Å². The van der Waals surface area contributed by atoms with Crippen molar-refractivity contribution in [2.75, 3.05) is 6.54 Å². The molecule has 1 atom stereocenters. The molecule has 1 unspecified atom stereocenters. The molecule has 1 aromatic rings. The van der Waals surface area contributed by atoms with Crippen molar-refractivity contribution in [1.29, 1.82) is 0 Å². The first-order valence-corrected chi connectivity index (χ1v) is 5.69. The molecule has 0 radical (unpaired) electrons. The van der Waals surface area contributed by atoms with E-state index in [1.807, 2.05) is 12.5 Å². The lowest BCUT2D eigenvalue weighted by molar-refractivity contribution is 0.659. The van der Waals surface area contributed by atoms with E-state index in [1.54, 1.807) is 0 Å². The summed E-state index contributed by atoms with van der Waals surface area (Å²) >= 11 is 0. The van der Waals surface area contributed by atoms with Gasteiger partial charge in [0.2, 0.25) is 0 Å². The Labute approximate surface area is 92.2 Å². The van der Waals surface area contributed by atoms with Gasteiger partial charge in [-0.3, -0.25) is 0 Å². The highest BCUT2D eigenvalue weighted by atomic mass is 15.0. The molecule has 0 aliphatic heterocycles. The second kappa shape index (κ2) is 6.40. The fourth-order valence-corrected chi connectivity index (χ4v) is 1.53. The van der Waals surface area contributed by atoms with Gasteiger partial charge in [0, 0.05) is 12.6 Å². The van der Waals surface area contributed by atoms with Crippen molar-refractivity contribution in [3.8, 4) is 0 Å². The first-order valence-electron chi connectivity index (χ1n) is 5.69. The molecule has 3 heteroatoms. The zero-order chi connectivity index (χ0) is 11.1. The lowest BCUT2D eigenvalue weighted by atomic mass is 10.2. The number of imidazole rings is 1. The van der Waals surface area contributed by atoms with Crippen molar-refractivity contribution >= 4 is 6.08 Å². The maximum Gasteiger partial charge on any atom is 0.0950 e. The number of hydrogen-bond donors (Lipinski definition) is 1. The molecule has 1 aromatic heterocycles. The second-order valence-corrected chi connectivity index (χ2v) is 3.72. The van der Waals surface area contributed by atoms with Crippen LogP contribution in [0.2, 0.25) is 0 Å². The normalized spacial score (nSPS) is 13.5. The number of hydrogen-bond acceptors (Lipinski definition) is 2. The van der Waals surface area contributed by atoms with Crippen molar-refractivity contribution in [2.24, 2.45) is 0 Å². The average molecular weight is 207 g/mol. The van der Waals surface area contributed by atoms with Gasteiger partial charge in [-0.25, -0.2) is 4.98 Å². The Morgan fingerprint density at radius 1 is 1.53 bits per heavy atom. The quantitative estimate of drug-likeness (QED) is 0.775. The zero-order valence-electron chi connectivity index (χ0n) is 9.90. The van der Waals surface area contributed by atoms with Gasteiger partial charge >= 0.3 is 0 Å². The van der Waals surface area contributed by atoms with Gasteiger partial charge in [0.1, 0.15) is 0 Å². The number of rotatable bonds is 6. The summed E-state index contributed by atoms with van der Waals surface area (Å²) in [6.45, 7) is 8.48. The highest BCUT2D eigenvalue weighted by Gasteiger charge is 1.97. The number of nitrogens with one attached hydrogen (secondary N) is 1. The summed E-state index contributed by atoms with van der Waals surface area (Å²) in [7, 11) is 0. The van der Waals surface area contributed by atoms with Gasteiger partial charge in [-0.1, -0.05) is 19.9 Å². The van der Waals surface area contributed by atoms with E-state index >= 15 is 0 Å². The number of aromatic nitrogens is 2. The molecule has 0 aliphatic rings. The SMILES string of the molecule is CCCn1cncc1/C=C/C(C)NCC. The van der Waals surface area contributed by atoms with E-state index in [2.05, 4.69) is 47.8 Å². The van der Waals surface area contributed by atoms with E-state index in [0.717, 1.165) is 19.5 Å². The molecule has 0 saturated carbocycles. The van der Waals surface area contributed by atoms with Crippen LogP contribution in [-0.2, 0) is 6.54 Å². The number of likely N-dealkylation sites (N-methyl/N-ethyl adjacent to an activating group) is 1. The third-order valence-electron chi connectivity index (χ3n) is 2.29. The standard InChI is InChI=1S/C12H21N3/c1-4-8-15-10-13-9-12(15)7-6-11(3)14-5-2/h6-7,9-11,14H,4-5,8H2,1-3H3/b7-6+.